The molecule has 0 saturated carbocycles. The van der Waals surface area contributed by atoms with E-state index in [1.807, 2.05) is 0 Å². The Morgan fingerprint density at radius 1 is 1.07 bits per heavy atom. The van der Waals surface area contributed by atoms with Crippen LogP contribution in [0.25, 0.3) is 0 Å². The van der Waals surface area contributed by atoms with Gasteiger partial charge in [0.2, 0.25) is 0 Å². The molecule has 1 aliphatic rings. The first-order valence-electron chi connectivity index (χ1n) is 7.77. The van der Waals surface area contributed by atoms with Gasteiger partial charge in [-0.15, -0.1) is 0 Å². The molecule has 138 valence electrons. The Balaban J connectivity index is 1.90. The first kappa shape index (κ1) is 18.1. The van der Waals surface area contributed by atoms with Crippen LogP contribution in [-0.2, 0) is 0 Å². The van der Waals surface area contributed by atoms with Crippen LogP contribution < -0.4 is 9.47 Å². The van der Waals surface area contributed by atoms with Crippen LogP contribution in [0.1, 0.15) is 31.1 Å². The summed E-state index contributed by atoms with van der Waals surface area (Å²) in [5.41, 5.74) is -0.646. The number of ketones is 1. The molecule has 0 atom stereocenters. The molecule has 0 saturated heterocycles. The molecule has 9 nitrogen and oxygen atoms in total. The molecule has 0 fully saturated rings. The van der Waals surface area contributed by atoms with Crippen LogP contribution in [0.2, 0.25) is 0 Å². The highest BCUT2D eigenvalue weighted by Gasteiger charge is 2.41. The van der Waals surface area contributed by atoms with Gasteiger partial charge in [-0.2, -0.15) is 0 Å². The molecule has 0 aliphatic carbocycles. The average molecular weight is 370 g/mol. The van der Waals surface area contributed by atoms with Gasteiger partial charge in [-0.05, 0) is 24.3 Å². The van der Waals surface area contributed by atoms with Crippen molar-refractivity contribution < 1.29 is 28.8 Å². The number of hydrogen-bond donors (Lipinski definition) is 0. The van der Waals surface area contributed by atoms with E-state index < -0.39 is 34.8 Å². The number of benzene rings is 2. The normalized spacial score (nSPS) is 12.7. The summed E-state index contributed by atoms with van der Waals surface area (Å²) in [6.45, 7) is -0.543. The van der Waals surface area contributed by atoms with Crippen LogP contribution in [0, 0.1) is 10.1 Å². The van der Waals surface area contributed by atoms with E-state index in [2.05, 4.69) is 0 Å². The molecular weight excluding hydrogens is 356 g/mol. The lowest BCUT2D eigenvalue weighted by atomic mass is 10.1. The Hall–Kier alpha value is -3.75. The lowest BCUT2D eigenvalue weighted by molar-refractivity contribution is -0.385. The Morgan fingerprint density at radius 2 is 1.78 bits per heavy atom. The third-order valence-corrected chi connectivity index (χ3v) is 4.18. The first-order chi connectivity index (χ1) is 12.9. The Kier molecular flexibility index (Phi) is 4.59. The van der Waals surface area contributed by atoms with Crippen molar-refractivity contribution in [3.05, 3.63) is 63.2 Å². The van der Waals surface area contributed by atoms with Crippen LogP contribution >= 0.6 is 0 Å². The number of imide groups is 1. The summed E-state index contributed by atoms with van der Waals surface area (Å²) in [4.78, 5) is 48.6. The summed E-state index contributed by atoms with van der Waals surface area (Å²) < 4.78 is 10.2. The molecule has 2 aromatic carbocycles. The van der Waals surface area contributed by atoms with Crippen LogP contribution in [0.4, 0.5) is 5.69 Å². The number of Topliss-reactive ketones (excluding diaryl/α,β-unsaturated/α-hetero) is 1. The molecule has 1 aliphatic heterocycles. The minimum atomic E-state index is -0.865. The van der Waals surface area contributed by atoms with Crippen molar-refractivity contribution in [2.24, 2.45) is 0 Å². The number of nitrogens with zero attached hydrogens (tertiary/aromatic N) is 2. The number of carbonyl (C=O) groups is 3. The highest BCUT2D eigenvalue weighted by Crippen LogP contribution is 2.31. The monoisotopic (exact) mass is 370 g/mol. The van der Waals surface area contributed by atoms with E-state index in [0.29, 0.717) is 16.4 Å². The van der Waals surface area contributed by atoms with E-state index >= 15 is 0 Å². The molecule has 0 bridgehead atoms. The molecule has 9 heteroatoms. The first-order valence-corrected chi connectivity index (χ1v) is 7.77. The molecular formula is C18H14N2O7. The maximum absolute atomic E-state index is 12.6. The molecule has 2 amide bonds. The highest BCUT2D eigenvalue weighted by molar-refractivity contribution is 6.24. The predicted molar refractivity (Wildman–Crippen MR) is 92.3 cm³/mol. The number of fused-ring (bicyclic) bond motifs is 1. The van der Waals surface area contributed by atoms with Crippen molar-refractivity contribution in [2.45, 2.75) is 0 Å². The zero-order chi connectivity index (χ0) is 19.7. The molecule has 0 N–H and O–H groups in total. The lowest BCUT2D eigenvalue weighted by Crippen LogP contribution is -2.35. The molecule has 0 radical (unpaired) electrons. The van der Waals surface area contributed by atoms with Crippen LogP contribution in [0.3, 0.4) is 0 Å². The number of nitro benzene ring substituents is 1. The minimum Gasteiger partial charge on any atom is -0.493 e. The van der Waals surface area contributed by atoms with Gasteiger partial charge in [0.05, 0.1) is 31.3 Å². The van der Waals surface area contributed by atoms with Gasteiger partial charge in [-0.3, -0.25) is 29.4 Å². The number of nitro groups is 1. The summed E-state index contributed by atoms with van der Waals surface area (Å²) in [7, 11) is 2.86. The topological polar surface area (TPSA) is 116 Å². The van der Waals surface area contributed by atoms with Gasteiger partial charge < -0.3 is 9.47 Å². The maximum Gasteiger partial charge on any atom is 0.282 e. The minimum absolute atomic E-state index is 0.0886. The average Bonchev–Trinajstić information content (AvgIpc) is 2.92. The summed E-state index contributed by atoms with van der Waals surface area (Å²) in [5, 5.41) is 11.1. The molecule has 1 heterocycles. The second-order valence-electron chi connectivity index (χ2n) is 5.65. The third kappa shape index (κ3) is 2.99. The van der Waals surface area contributed by atoms with Crippen molar-refractivity contribution in [2.75, 3.05) is 20.8 Å². The summed E-state index contributed by atoms with van der Waals surface area (Å²) in [5.74, 6) is -1.39. The number of methoxy groups -OCH3 is 2. The fourth-order valence-electron chi connectivity index (χ4n) is 2.86. The van der Waals surface area contributed by atoms with Crippen LogP contribution in [0.15, 0.2) is 36.4 Å². The Morgan fingerprint density at radius 3 is 2.41 bits per heavy atom. The summed E-state index contributed by atoms with van der Waals surface area (Å²) in [6, 6.07) is 8.22. The molecule has 2 aromatic rings. The van der Waals surface area contributed by atoms with E-state index in [0.717, 1.165) is 6.07 Å². The Bertz CT molecular complexity index is 984. The lowest BCUT2D eigenvalue weighted by Gasteiger charge is -2.14. The largest absolute Gasteiger partial charge is 0.493 e. The molecule has 0 aromatic heterocycles. The number of ether oxygens (including phenoxy) is 2. The van der Waals surface area contributed by atoms with E-state index in [-0.39, 0.29) is 16.7 Å². The molecule has 0 spiro atoms. The van der Waals surface area contributed by atoms with Gasteiger partial charge in [-0.25, -0.2) is 0 Å². The fourth-order valence-corrected chi connectivity index (χ4v) is 2.86. The van der Waals surface area contributed by atoms with E-state index in [9.17, 15) is 24.5 Å². The fraction of sp³-hybridized carbons (Fsp3) is 0.167. The van der Waals surface area contributed by atoms with Crippen LogP contribution in [0.5, 0.6) is 11.5 Å². The molecule has 0 unspecified atom stereocenters. The van der Waals surface area contributed by atoms with Gasteiger partial charge >= 0.3 is 0 Å². The van der Waals surface area contributed by atoms with Crippen molar-refractivity contribution in [3.8, 4) is 11.5 Å². The summed E-state index contributed by atoms with van der Waals surface area (Å²) >= 11 is 0. The van der Waals surface area contributed by atoms with Gasteiger partial charge in [0.1, 0.15) is 5.56 Å². The third-order valence-electron chi connectivity index (χ3n) is 4.18. The van der Waals surface area contributed by atoms with Crippen molar-refractivity contribution in [1.29, 1.82) is 0 Å². The second kappa shape index (κ2) is 6.87. The number of carbonyl (C=O) groups excluding carboxylic acids is 3. The zero-order valence-corrected chi connectivity index (χ0v) is 14.4. The highest BCUT2D eigenvalue weighted by atomic mass is 16.6. The molecule has 27 heavy (non-hydrogen) atoms. The predicted octanol–water partition coefficient (Wildman–Crippen LogP) is 2.09. The van der Waals surface area contributed by atoms with Crippen LogP contribution in [-0.4, -0.2) is 48.2 Å². The summed E-state index contributed by atoms with van der Waals surface area (Å²) in [6.07, 6.45) is 0. The smallest absolute Gasteiger partial charge is 0.282 e. The van der Waals surface area contributed by atoms with Gasteiger partial charge in [-0.1, -0.05) is 6.07 Å². The number of rotatable bonds is 6. The van der Waals surface area contributed by atoms with Crippen molar-refractivity contribution >= 4 is 23.3 Å². The SMILES string of the molecule is COc1ccc(C(=O)CN2C(=O)c3cccc([N+](=O)[O-])c3C2=O)cc1OC. The van der Waals surface area contributed by atoms with E-state index in [4.69, 9.17) is 9.47 Å². The number of hydrogen-bond acceptors (Lipinski definition) is 7. The van der Waals surface area contributed by atoms with Gasteiger partial charge in [0.25, 0.3) is 17.5 Å². The van der Waals surface area contributed by atoms with Crippen molar-refractivity contribution in [1.82, 2.24) is 4.90 Å². The standard InChI is InChI=1S/C18H14N2O7/c1-26-14-7-6-10(8-15(14)27-2)13(21)9-19-17(22)11-4-3-5-12(20(24)25)16(11)18(19)23/h3-8H,9H2,1-2H3. The quantitative estimate of drug-likeness (QED) is 0.331. The second-order valence-corrected chi connectivity index (χ2v) is 5.65. The zero-order valence-electron chi connectivity index (χ0n) is 14.4. The van der Waals surface area contributed by atoms with Gasteiger partial charge in [0.15, 0.2) is 17.3 Å². The Labute approximate surface area is 153 Å². The van der Waals surface area contributed by atoms with Crippen molar-refractivity contribution in [3.63, 3.8) is 0 Å². The number of amides is 2. The maximum atomic E-state index is 12.6. The van der Waals surface area contributed by atoms with E-state index in [1.54, 1.807) is 0 Å². The van der Waals surface area contributed by atoms with Gasteiger partial charge in [0, 0.05) is 11.6 Å². The van der Waals surface area contributed by atoms with E-state index in [1.165, 1.54) is 44.6 Å². The molecule has 3 rings (SSSR count).